The van der Waals surface area contributed by atoms with Gasteiger partial charge in [0.2, 0.25) is 0 Å². The Bertz CT molecular complexity index is 1350. The second-order valence-corrected chi connectivity index (χ2v) is 8.90. The number of hydrazine groups is 2. The number of aromatic nitrogens is 2. The maximum Gasteiger partial charge on any atom is 0.271 e. The van der Waals surface area contributed by atoms with Crippen LogP contribution in [0.3, 0.4) is 0 Å². The predicted octanol–water partition coefficient (Wildman–Crippen LogP) is 1.08. The summed E-state index contributed by atoms with van der Waals surface area (Å²) in [7, 11) is 2.81. The Morgan fingerprint density at radius 2 is 2.00 bits per heavy atom. The van der Waals surface area contributed by atoms with Gasteiger partial charge in [0.25, 0.3) is 5.91 Å². The summed E-state index contributed by atoms with van der Waals surface area (Å²) in [6.07, 6.45) is 8.84. The van der Waals surface area contributed by atoms with Crippen LogP contribution in [-0.4, -0.2) is 45.7 Å². The average molecular weight is 511 g/mol. The van der Waals surface area contributed by atoms with Crippen LogP contribution in [0.1, 0.15) is 35.6 Å². The van der Waals surface area contributed by atoms with E-state index in [0.29, 0.717) is 11.6 Å². The van der Waals surface area contributed by atoms with E-state index in [1.807, 2.05) is 16.7 Å². The molecular weight excluding hydrogens is 479 g/mol. The molecule has 1 amide bonds. The summed E-state index contributed by atoms with van der Waals surface area (Å²) >= 11 is 0. The lowest BCUT2D eigenvalue weighted by atomic mass is 10.1. The molecule has 12 nitrogen and oxygen atoms in total. The number of halogens is 1. The summed E-state index contributed by atoms with van der Waals surface area (Å²) in [5, 5.41) is 5.67. The van der Waals surface area contributed by atoms with Crippen molar-refractivity contribution in [2.45, 2.75) is 31.8 Å². The number of methoxy groups -OCH3 is 1. The molecule has 196 valence electrons. The molecule has 0 spiro atoms. The highest BCUT2D eigenvalue weighted by molar-refractivity contribution is 5.92. The number of likely N-dealkylation sites (N-methyl/N-ethyl adjacent to an activating group) is 1. The second-order valence-electron chi connectivity index (χ2n) is 8.90. The lowest BCUT2D eigenvalue weighted by Crippen LogP contribution is -2.35. The first-order valence-electron chi connectivity index (χ1n) is 11.6. The van der Waals surface area contributed by atoms with Gasteiger partial charge in [0.15, 0.2) is 11.6 Å². The first-order valence-corrected chi connectivity index (χ1v) is 11.6. The zero-order valence-electron chi connectivity index (χ0n) is 20.7. The van der Waals surface area contributed by atoms with Crippen LogP contribution in [0.4, 0.5) is 10.1 Å². The number of nitrogens with zero attached hydrogens (tertiary/aromatic N) is 6. The summed E-state index contributed by atoms with van der Waals surface area (Å²) in [6.45, 7) is 0.0611. The van der Waals surface area contributed by atoms with E-state index in [2.05, 4.69) is 22.3 Å². The van der Waals surface area contributed by atoms with Crippen molar-refractivity contribution < 1.29 is 13.9 Å². The molecule has 4 rings (SSSR count). The van der Waals surface area contributed by atoms with Gasteiger partial charge in [-0.3, -0.25) is 9.80 Å². The van der Waals surface area contributed by atoms with Crippen molar-refractivity contribution in [3.8, 4) is 5.75 Å². The molecule has 0 saturated heterocycles. The molecule has 0 radical (unpaired) electrons. The van der Waals surface area contributed by atoms with Gasteiger partial charge in [0.05, 0.1) is 31.6 Å². The molecule has 3 aromatic rings. The van der Waals surface area contributed by atoms with Crippen molar-refractivity contribution in [3.63, 3.8) is 0 Å². The van der Waals surface area contributed by atoms with E-state index in [0.717, 1.165) is 17.0 Å². The van der Waals surface area contributed by atoms with Gasteiger partial charge in [0, 0.05) is 31.2 Å². The summed E-state index contributed by atoms with van der Waals surface area (Å²) in [5.74, 6) is 16.5. The van der Waals surface area contributed by atoms with Gasteiger partial charge in [-0.25, -0.2) is 21.1 Å². The fraction of sp³-hybridized carbons (Fsp3) is 0.292. The van der Waals surface area contributed by atoms with E-state index < -0.39 is 11.7 Å². The second kappa shape index (κ2) is 10.7. The van der Waals surface area contributed by atoms with E-state index in [1.54, 1.807) is 0 Å². The van der Waals surface area contributed by atoms with Crippen molar-refractivity contribution in [2.24, 2.45) is 28.4 Å². The number of hydrazone groups is 1. The third kappa shape index (κ3) is 5.73. The zero-order chi connectivity index (χ0) is 26.7. The topological polar surface area (TPSA) is 170 Å². The van der Waals surface area contributed by atoms with Crippen LogP contribution in [0.5, 0.6) is 5.75 Å². The number of anilines is 1. The molecule has 1 fully saturated rings. The molecule has 37 heavy (non-hydrogen) atoms. The van der Waals surface area contributed by atoms with Gasteiger partial charge in [-0.2, -0.15) is 5.10 Å². The van der Waals surface area contributed by atoms with Gasteiger partial charge in [-0.1, -0.05) is 6.07 Å². The van der Waals surface area contributed by atoms with E-state index in [9.17, 15) is 4.79 Å². The number of ether oxygens (including phenoxy) is 1. The molecule has 2 aromatic heterocycles. The molecule has 1 aliphatic rings. The Morgan fingerprint density at radius 1 is 1.24 bits per heavy atom. The first kappa shape index (κ1) is 25.7. The number of rotatable bonds is 10. The van der Waals surface area contributed by atoms with Crippen molar-refractivity contribution in [3.05, 3.63) is 71.2 Å². The molecule has 8 N–H and O–H groups in total. The van der Waals surface area contributed by atoms with Crippen molar-refractivity contribution in [2.75, 3.05) is 19.2 Å². The predicted molar refractivity (Wildman–Crippen MR) is 138 cm³/mol. The Labute approximate surface area is 213 Å². The Kier molecular flexibility index (Phi) is 7.45. The van der Waals surface area contributed by atoms with Gasteiger partial charge < -0.3 is 30.6 Å². The molecule has 13 heteroatoms. The number of nitrogens with two attached hydrogens (primary N) is 4. The normalized spacial score (nSPS) is 13.8. The van der Waals surface area contributed by atoms with Crippen LogP contribution in [-0.2, 0) is 17.9 Å². The minimum Gasteiger partial charge on any atom is -0.494 e. The van der Waals surface area contributed by atoms with Crippen LogP contribution in [0.2, 0.25) is 0 Å². The monoisotopic (exact) mass is 510 g/mol. The molecule has 2 heterocycles. The first-order chi connectivity index (χ1) is 17.7. The summed E-state index contributed by atoms with van der Waals surface area (Å²) in [5.41, 5.74) is 9.05. The Balaban J connectivity index is 1.46. The zero-order valence-corrected chi connectivity index (χ0v) is 20.7. The van der Waals surface area contributed by atoms with Gasteiger partial charge in [-0.15, -0.1) is 0 Å². The smallest absolute Gasteiger partial charge is 0.271 e. The fourth-order valence-corrected chi connectivity index (χ4v) is 4.07. The Morgan fingerprint density at radius 3 is 2.68 bits per heavy atom. The number of carbonyl (C=O) groups is 1. The number of benzene rings is 1. The molecule has 1 aromatic carbocycles. The average Bonchev–Trinajstić information content (AvgIpc) is 3.64. The lowest BCUT2D eigenvalue weighted by Gasteiger charge is -2.23. The molecule has 0 atom stereocenters. The highest BCUT2D eigenvalue weighted by Gasteiger charge is 2.24. The molecule has 1 aliphatic carbocycles. The third-order valence-electron chi connectivity index (χ3n) is 6.08. The largest absolute Gasteiger partial charge is 0.494 e. The highest BCUT2D eigenvalue weighted by Crippen LogP contribution is 2.39. The van der Waals surface area contributed by atoms with Crippen molar-refractivity contribution in [1.29, 1.82) is 0 Å². The number of fused-ring (bicyclic) bond motifs is 1. The lowest BCUT2D eigenvalue weighted by molar-refractivity contribution is -0.126. The molecular formula is C24H31FN10O2. The number of carbonyl (C=O) groups excluding carboxylic acids is 1. The highest BCUT2D eigenvalue weighted by atomic mass is 19.1. The maximum absolute atomic E-state index is 15.1. The summed E-state index contributed by atoms with van der Waals surface area (Å²) in [4.78, 5) is 18.7. The number of hydrogen-bond acceptors (Lipinski definition) is 9. The number of pyridine rings is 1. The quantitative estimate of drug-likeness (QED) is 0.102. The molecule has 0 bridgehead atoms. The van der Waals surface area contributed by atoms with Gasteiger partial charge in [-0.05, 0) is 42.5 Å². The van der Waals surface area contributed by atoms with E-state index in [-0.39, 0.29) is 35.8 Å². The van der Waals surface area contributed by atoms with Gasteiger partial charge >= 0.3 is 0 Å². The SMILES string of the molecule is COc1ccc(N(N)/C=N\N)c(CN(C)C(=O)/C(N)=C/N(N)Cc2cn3cc(C4CC4)ccc3n2)c1F. The van der Waals surface area contributed by atoms with Gasteiger partial charge in [0.1, 0.15) is 17.7 Å². The van der Waals surface area contributed by atoms with Crippen LogP contribution < -0.4 is 33.0 Å². The minimum atomic E-state index is -0.680. The molecule has 0 aliphatic heterocycles. The fourth-order valence-electron chi connectivity index (χ4n) is 4.07. The van der Waals surface area contributed by atoms with Crippen LogP contribution in [0, 0.1) is 5.82 Å². The maximum atomic E-state index is 15.1. The number of hydrogen-bond donors (Lipinski definition) is 4. The number of imidazole rings is 1. The van der Waals surface area contributed by atoms with Crippen LogP contribution >= 0.6 is 0 Å². The molecule has 1 saturated carbocycles. The molecule has 0 unspecified atom stereocenters. The van der Waals surface area contributed by atoms with E-state index in [1.165, 1.54) is 60.8 Å². The number of amides is 1. The third-order valence-corrected chi connectivity index (χ3v) is 6.08. The van der Waals surface area contributed by atoms with Crippen LogP contribution in [0.25, 0.3) is 5.65 Å². The van der Waals surface area contributed by atoms with E-state index in [4.69, 9.17) is 28.0 Å². The summed E-state index contributed by atoms with van der Waals surface area (Å²) < 4.78 is 22.1. The van der Waals surface area contributed by atoms with Crippen LogP contribution in [0.15, 0.2) is 53.7 Å². The van der Waals surface area contributed by atoms with Crippen molar-refractivity contribution >= 4 is 23.6 Å². The van der Waals surface area contributed by atoms with Crippen molar-refractivity contribution in [1.82, 2.24) is 19.3 Å². The Hall–Kier alpha value is -4.36. The summed E-state index contributed by atoms with van der Waals surface area (Å²) in [6, 6.07) is 7.02. The standard InChI is InChI=1S/C24H31FN10O2/c1-32(12-18-20(35(29)14-30-27)6-7-21(37-2)23(18)25)24(36)19(26)13-34(28)11-17-10-33-9-16(15-3-4-15)5-8-22(33)31-17/h5-10,13-15H,3-4,11-12,26-29H2,1-2H3/b19-13-,30-14-. The van der Waals surface area contributed by atoms with E-state index >= 15 is 4.39 Å². The minimum absolute atomic E-state index is 0.00830.